The minimum absolute atomic E-state index is 0.0975. The SMILES string of the molecule is COCCNC(=O)c1cc([C@H]2CN(C(=O)c3cnn(C)c3)CCO2)nc2ccccc12. The van der Waals surface area contributed by atoms with Crippen LogP contribution in [0.25, 0.3) is 10.9 Å². The van der Waals surface area contributed by atoms with E-state index in [9.17, 15) is 9.59 Å². The molecular formula is C22H25N5O4. The van der Waals surface area contributed by atoms with Crippen LogP contribution in [0.5, 0.6) is 0 Å². The third-order valence-electron chi connectivity index (χ3n) is 5.21. The van der Waals surface area contributed by atoms with Crippen molar-refractivity contribution in [3.8, 4) is 0 Å². The minimum Gasteiger partial charge on any atom is -0.383 e. The molecular weight excluding hydrogens is 398 g/mol. The van der Waals surface area contributed by atoms with Gasteiger partial charge in [-0.15, -0.1) is 0 Å². The van der Waals surface area contributed by atoms with Crippen molar-refractivity contribution in [1.82, 2.24) is 25.0 Å². The number of aryl methyl sites for hydroxylation is 1. The van der Waals surface area contributed by atoms with Crippen molar-refractivity contribution in [2.75, 3.05) is 40.0 Å². The first kappa shape index (κ1) is 21.0. The van der Waals surface area contributed by atoms with Crippen LogP contribution >= 0.6 is 0 Å². The number of aromatic nitrogens is 3. The largest absolute Gasteiger partial charge is 0.383 e. The molecule has 1 aromatic carbocycles. The summed E-state index contributed by atoms with van der Waals surface area (Å²) >= 11 is 0. The summed E-state index contributed by atoms with van der Waals surface area (Å²) < 4.78 is 12.6. The molecule has 1 saturated heterocycles. The van der Waals surface area contributed by atoms with Crippen LogP contribution in [0.2, 0.25) is 0 Å². The van der Waals surface area contributed by atoms with E-state index in [1.165, 1.54) is 0 Å². The Labute approximate surface area is 180 Å². The Morgan fingerprint density at radius 2 is 2.16 bits per heavy atom. The normalized spacial score (nSPS) is 16.5. The number of methoxy groups -OCH3 is 1. The van der Waals surface area contributed by atoms with E-state index < -0.39 is 6.10 Å². The molecule has 1 atom stereocenters. The molecule has 0 unspecified atom stereocenters. The topological polar surface area (TPSA) is 98.6 Å². The molecule has 2 amide bonds. The van der Waals surface area contributed by atoms with E-state index in [2.05, 4.69) is 10.4 Å². The number of fused-ring (bicyclic) bond motifs is 1. The maximum absolute atomic E-state index is 12.8. The highest BCUT2D eigenvalue weighted by Crippen LogP contribution is 2.26. The van der Waals surface area contributed by atoms with E-state index >= 15 is 0 Å². The number of nitrogens with one attached hydrogen (secondary N) is 1. The van der Waals surface area contributed by atoms with Crippen molar-refractivity contribution in [2.45, 2.75) is 6.10 Å². The van der Waals surface area contributed by atoms with Crippen LogP contribution in [-0.4, -0.2) is 71.4 Å². The van der Waals surface area contributed by atoms with Gasteiger partial charge in [0.15, 0.2) is 0 Å². The Bertz CT molecular complexity index is 1100. The molecule has 1 aliphatic rings. The lowest BCUT2D eigenvalue weighted by atomic mass is 10.0. The molecule has 0 aliphatic carbocycles. The molecule has 31 heavy (non-hydrogen) atoms. The molecule has 0 radical (unpaired) electrons. The van der Waals surface area contributed by atoms with Crippen LogP contribution in [0.4, 0.5) is 0 Å². The summed E-state index contributed by atoms with van der Waals surface area (Å²) in [4.78, 5) is 32.1. The number of ether oxygens (including phenoxy) is 2. The van der Waals surface area contributed by atoms with Crippen molar-refractivity contribution >= 4 is 22.7 Å². The Balaban J connectivity index is 1.61. The fourth-order valence-electron chi connectivity index (χ4n) is 3.64. The summed E-state index contributed by atoms with van der Waals surface area (Å²) in [7, 11) is 3.36. The Morgan fingerprint density at radius 3 is 2.94 bits per heavy atom. The third-order valence-corrected chi connectivity index (χ3v) is 5.21. The predicted molar refractivity (Wildman–Crippen MR) is 114 cm³/mol. The Hall–Kier alpha value is -3.30. The molecule has 3 aromatic rings. The van der Waals surface area contributed by atoms with Gasteiger partial charge in [0, 0.05) is 38.8 Å². The molecule has 3 heterocycles. The molecule has 0 saturated carbocycles. The van der Waals surface area contributed by atoms with Crippen LogP contribution in [-0.2, 0) is 16.5 Å². The average molecular weight is 423 g/mol. The monoisotopic (exact) mass is 423 g/mol. The second-order valence-corrected chi connectivity index (χ2v) is 7.37. The molecule has 1 fully saturated rings. The lowest BCUT2D eigenvalue weighted by Crippen LogP contribution is -2.42. The van der Waals surface area contributed by atoms with Gasteiger partial charge in [-0.1, -0.05) is 18.2 Å². The number of morpholine rings is 1. The summed E-state index contributed by atoms with van der Waals surface area (Å²) in [5.74, 6) is -0.296. The number of carbonyl (C=O) groups is 2. The van der Waals surface area contributed by atoms with Crippen LogP contribution in [0.3, 0.4) is 0 Å². The number of amides is 2. The van der Waals surface area contributed by atoms with Crippen LogP contribution in [0.1, 0.15) is 32.5 Å². The number of nitrogens with zero attached hydrogens (tertiary/aromatic N) is 4. The van der Waals surface area contributed by atoms with Crippen LogP contribution in [0, 0.1) is 0 Å². The number of para-hydroxylation sites is 1. The molecule has 9 nitrogen and oxygen atoms in total. The highest BCUT2D eigenvalue weighted by Gasteiger charge is 2.28. The fraction of sp³-hybridized carbons (Fsp3) is 0.364. The van der Waals surface area contributed by atoms with Gasteiger partial charge in [-0.05, 0) is 12.1 Å². The average Bonchev–Trinajstić information content (AvgIpc) is 3.24. The van der Waals surface area contributed by atoms with Gasteiger partial charge in [-0.25, -0.2) is 4.98 Å². The van der Waals surface area contributed by atoms with Crippen LogP contribution < -0.4 is 5.32 Å². The number of pyridine rings is 1. The fourth-order valence-corrected chi connectivity index (χ4v) is 3.64. The molecule has 9 heteroatoms. The van der Waals surface area contributed by atoms with Gasteiger partial charge < -0.3 is 19.7 Å². The zero-order chi connectivity index (χ0) is 21.8. The number of rotatable bonds is 6. The predicted octanol–water partition coefficient (Wildman–Crippen LogP) is 1.56. The summed E-state index contributed by atoms with van der Waals surface area (Å²) in [5.41, 5.74) is 2.39. The Kier molecular flexibility index (Phi) is 6.24. The van der Waals surface area contributed by atoms with E-state index in [1.807, 2.05) is 24.3 Å². The molecule has 1 aliphatic heterocycles. The van der Waals surface area contributed by atoms with Gasteiger partial charge >= 0.3 is 0 Å². The molecule has 0 bridgehead atoms. The van der Waals surface area contributed by atoms with E-state index in [0.717, 1.165) is 5.39 Å². The van der Waals surface area contributed by atoms with Crippen LogP contribution in [0.15, 0.2) is 42.7 Å². The van der Waals surface area contributed by atoms with Gasteiger partial charge in [0.2, 0.25) is 0 Å². The summed E-state index contributed by atoms with van der Waals surface area (Å²) in [6.45, 7) is 2.07. The number of hydrogen-bond donors (Lipinski definition) is 1. The van der Waals surface area contributed by atoms with Gasteiger partial charge in [0.05, 0.1) is 48.3 Å². The number of hydrogen-bond acceptors (Lipinski definition) is 6. The number of benzene rings is 1. The first-order chi connectivity index (χ1) is 15.1. The number of carbonyl (C=O) groups excluding carboxylic acids is 2. The third kappa shape index (κ3) is 4.57. The first-order valence-electron chi connectivity index (χ1n) is 10.1. The molecule has 4 rings (SSSR count). The summed E-state index contributed by atoms with van der Waals surface area (Å²) in [6, 6.07) is 9.25. The molecule has 2 aromatic heterocycles. The van der Waals surface area contributed by atoms with Gasteiger partial charge in [0.25, 0.3) is 11.8 Å². The quantitative estimate of drug-likeness (QED) is 0.604. The standard InChI is InChI=1S/C22H25N5O4/c1-26-13-15(12-24-26)22(29)27-8-10-31-20(14-27)19-11-17(21(28)23-7-9-30-2)16-5-3-4-6-18(16)25-19/h3-6,11-13,20H,7-10,14H2,1-2H3,(H,23,28)/t20-/m1/s1. The smallest absolute Gasteiger partial charge is 0.257 e. The van der Waals surface area contributed by atoms with E-state index in [-0.39, 0.29) is 11.8 Å². The highest BCUT2D eigenvalue weighted by molar-refractivity contribution is 6.06. The lowest BCUT2D eigenvalue weighted by Gasteiger charge is -2.32. The first-order valence-corrected chi connectivity index (χ1v) is 10.1. The zero-order valence-corrected chi connectivity index (χ0v) is 17.6. The summed E-state index contributed by atoms with van der Waals surface area (Å²) in [5, 5.41) is 7.71. The van der Waals surface area contributed by atoms with Gasteiger partial charge in [-0.2, -0.15) is 5.10 Å². The molecule has 162 valence electrons. The maximum Gasteiger partial charge on any atom is 0.257 e. The summed E-state index contributed by atoms with van der Waals surface area (Å²) in [6.07, 6.45) is 2.83. The van der Waals surface area contributed by atoms with E-state index in [0.29, 0.717) is 55.2 Å². The van der Waals surface area contributed by atoms with Crippen molar-refractivity contribution in [3.63, 3.8) is 0 Å². The molecule has 1 N–H and O–H groups in total. The van der Waals surface area contributed by atoms with Crippen molar-refractivity contribution in [2.24, 2.45) is 7.05 Å². The van der Waals surface area contributed by atoms with Crippen molar-refractivity contribution in [3.05, 3.63) is 59.5 Å². The highest BCUT2D eigenvalue weighted by atomic mass is 16.5. The van der Waals surface area contributed by atoms with Gasteiger partial charge in [0.1, 0.15) is 6.10 Å². The second kappa shape index (κ2) is 9.23. The Morgan fingerprint density at radius 1 is 1.32 bits per heavy atom. The van der Waals surface area contributed by atoms with Gasteiger partial charge in [-0.3, -0.25) is 14.3 Å². The zero-order valence-electron chi connectivity index (χ0n) is 17.6. The van der Waals surface area contributed by atoms with E-state index in [4.69, 9.17) is 14.5 Å². The maximum atomic E-state index is 12.8. The lowest BCUT2D eigenvalue weighted by molar-refractivity contribution is -0.0246. The second-order valence-electron chi connectivity index (χ2n) is 7.37. The van der Waals surface area contributed by atoms with E-state index in [1.54, 1.807) is 42.2 Å². The van der Waals surface area contributed by atoms with Crippen molar-refractivity contribution < 1.29 is 19.1 Å². The van der Waals surface area contributed by atoms with Crippen molar-refractivity contribution in [1.29, 1.82) is 0 Å². The minimum atomic E-state index is -0.426. The molecule has 0 spiro atoms.